The van der Waals surface area contributed by atoms with Gasteiger partial charge in [0.2, 0.25) is 17.7 Å². The minimum Gasteiger partial charge on any atom is -0.356 e. The number of rotatable bonds is 9. The minimum atomic E-state index is -4.51. The van der Waals surface area contributed by atoms with Gasteiger partial charge in [0.25, 0.3) is 0 Å². The van der Waals surface area contributed by atoms with Gasteiger partial charge in [-0.25, -0.2) is 0 Å². The van der Waals surface area contributed by atoms with E-state index < -0.39 is 23.7 Å². The molecule has 0 saturated carbocycles. The van der Waals surface area contributed by atoms with E-state index in [2.05, 4.69) is 10.6 Å². The van der Waals surface area contributed by atoms with E-state index in [1.165, 1.54) is 12.1 Å². The van der Waals surface area contributed by atoms with Crippen LogP contribution in [0.5, 0.6) is 0 Å². The van der Waals surface area contributed by atoms with Gasteiger partial charge in [0, 0.05) is 38.9 Å². The van der Waals surface area contributed by atoms with Crippen LogP contribution < -0.4 is 10.6 Å². The zero-order valence-electron chi connectivity index (χ0n) is 16.3. The smallest absolute Gasteiger partial charge is 0.356 e. The maximum atomic E-state index is 13.1. The summed E-state index contributed by atoms with van der Waals surface area (Å²) < 4.78 is 39.2. The first-order valence-electron chi connectivity index (χ1n) is 9.71. The third-order valence-corrected chi connectivity index (χ3v) is 4.68. The van der Waals surface area contributed by atoms with Crippen LogP contribution in [0.2, 0.25) is 0 Å². The summed E-state index contributed by atoms with van der Waals surface area (Å²) in [5.41, 5.74) is -0.552. The molecule has 1 atom stereocenters. The van der Waals surface area contributed by atoms with Gasteiger partial charge in [-0.15, -0.1) is 0 Å². The van der Waals surface area contributed by atoms with Crippen molar-refractivity contribution in [3.8, 4) is 0 Å². The molecule has 0 aromatic heterocycles. The molecule has 1 aromatic carbocycles. The van der Waals surface area contributed by atoms with Crippen LogP contribution in [-0.4, -0.2) is 42.3 Å². The number of hydrogen-bond acceptors (Lipinski definition) is 3. The topological polar surface area (TPSA) is 78.5 Å². The van der Waals surface area contributed by atoms with Crippen molar-refractivity contribution >= 4 is 17.7 Å². The maximum absolute atomic E-state index is 13.1. The van der Waals surface area contributed by atoms with Crippen LogP contribution >= 0.6 is 0 Å². The van der Waals surface area contributed by atoms with E-state index in [1.807, 2.05) is 6.92 Å². The van der Waals surface area contributed by atoms with Crippen LogP contribution in [0.4, 0.5) is 13.2 Å². The molecule has 1 unspecified atom stereocenters. The van der Waals surface area contributed by atoms with Crippen molar-refractivity contribution < 1.29 is 27.6 Å². The van der Waals surface area contributed by atoms with Crippen molar-refractivity contribution in [1.29, 1.82) is 0 Å². The van der Waals surface area contributed by atoms with Gasteiger partial charge in [-0.3, -0.25) is 14.4 Å². The fourth-order valence-electron chi connectivity index (χ4n) is 3.13. The molecule has 1 aliphatic heterocycles. The summed E-state index contributed by atoms with van der Waals surface area (Å²) in [5, 5.41) is 5.36. The number of nitrogens with zero attached hydrogens (tertiary/aromatic N) is 1. The van der Waals surface area contributed by atoms with Crippen LogP contribution in [0.15, 0.2) is 24.3 Å². The summed E-state index contributed by atoms with van der Waals surface area (Å²) in [6.07, 6.45) is -2.76. The number of alkyl halides is 3. The highest BCUT2D eigenvalue weighted by atomic mass is 19.4. The molecular formula is C20H26F3N3O3. The van der Waals surface area contributed by atoms with E-state index in [0.717, 1.165) is 18.6 Å². The molecule has 2 N–H and O–H groups in total. The Kier molecular flexibility index (Phi) is 8.04. The van der Waals surface area contributed by atoms with Gasteiger partial charge in [0.05, 0.1) is 11.6 Å². The molecule has 3 amide bonds. The number of hydrogen-bond donors (Lipinski definition) is 2. The number of nitrogens with one attached hydrogen (secondary N) is 2. The molecular weight excluding hydrogens is 387 g/mol. The van der Waals surface area contributed by atoms with E-state index in [1.54, 1.807) is 4.90 Å². The average molecular weight is 413 g/mol. The second-order valence-electron chi connectivity index (χ2n) is 7.04. The summed E-state index contributed by atoms with van der Waals surface area (Å²) in [4.78, 5) is 37.5. The summed E-state index contributed by atoms with van der Waals surface area (Å²) in [6.45, 7) is 3.02. The van der Waals surface area contributed by atoms with E-state index in [9.17, 15) is 27.6 Å². The van der Waals surface area contributed by atoms with Gasteiger partial charge in [-0.05, 0) is 30.5 Å². The van der Waals surface area contributed by atoms with Crippen LogP contribution in [-0.2, 0) is 20.6 Å². The van der Waals surface area contributed by atoms with Gasteiger partial charge >= 0.3 is 6.18 Å². The van der Waals surface area contributed by atoms with E-state index in [-0.39, 0.29) is 36.8 Å². The van der Waals surface area contributed by atoms with Crippen LogP contribution in [0.25, 0.3) is 0 Å². The Morgan fingerprint density at radius 3 is 2.55 bits per heavy atom. The minimum absolute atomic E-state index is 0.0101. The van der Waals surface area contributed by atoms with Crippen molar-refractivity contribution in [3.05, 3.63) is 35.4 Å². The lowest BCUT2D eigenvalue weighted by atomic mass is 10.0. The first kappa shape index (κ1) is 22.7. The first-order valence-corrected chi connectivity index (χ1v) is 9.71. The summed E-state index contributed by atoms with van der Waals surface area (Å²) >= 11 is 0. The Hall–Kier alpha value is -2.58. The quantitative estimate of drug-likeness (QED) is 0.654. The predicted molar refractivity (Wildman–Crippen MR) is 101 cm³/mol. The van der Waals surface area contributed by atoms with E-state index in [4.69, 9.17) is 0 Å². The molecule has 0 bridgehead atoms. The van der Waals surface area contributed by atoms with Gasteiger partial charge in [-0.1, -0.05) is 19.1 Å². The maximum Gasteiger partial charge on any atom is 0.416 e. The summed E-state index contributed by atoms with van der Waals surface area (Å²) in [5.74, 6) is -0.798. The highest BCUT2D eigenvalue weighted by Crippen LogP contribution is 2.31. The predicted octanol–water partition coefficient (Wildman–Crippen LogP) is 2.79. The highest BCUT2D eigenvalue weighted by Gasteiger charge is 2.32. The van der Waals surface area contributed by atoms with Crippen molar-refractivity contribution in [3.63, 3.8) is 0 Å². The first-order chi connectivity index (χ1) is 13.7. The summed E-state index contributed by atoms with van der Waals surface area (Å²) in [7, 11) is 0. The molecule has 0 radical (unpaired) electrons. The molecule has 1 heterocycles. The third kappa shape index (κ3) is 7.07. The highest BCUT2D eigenvalue weighted by molar-refractivity contribution is 5.84. The van der Waals surface area contributed by atoms with Gasteiger partial charge in [-0.2, -0.15) is 13.2 Å². The van der Waals surface area contributed by atoms with Crippen LogP contribution in [0, 0.1) is 0 Å². The Balaban J connectivity index is 2.10. The number of likely N-dealkylation sites (tertiary alicyclic amines) is 1. The molecule has 1 aliphatic rings. The Morgan fingerprint density at radius 2 is 1.93 bits per heavy atom. The number of carbonyl (C=O) groups is 3. The number of amides is 3. The largest absolute Gasteiger partial charge is 0.416 e. The van der Waals surface area contributed by atoms with Gasteiger partial charge < -0.3 is 15.5 Å². The lowest BCUT2D eigenvalue weighted by Crippen LogP contribution is -2.39. The summed E-state index contributed by atoms with van der Waals surface area (Å²) in [6, 6.07) is 3.93. The molecule has 6 nitrogen and oxygen atoms in total. The molecule has 2 rings (SSSR count). The standard InChI is InChI=1S/C20H26F3N3O3/c1-2-10-24-17(27)8-9-18(28)25-16(13-26-11-4-7-19(26)29)14-5-3-6-15(12-14)20(21,22)23/h3,5-6,12,16H,2,4,7-11,13H2,1H3,(H,24,27)(H,25,28). The zero-order valence-corrected chi connectivity index (χ0v) is 16.3. The monoisotopic (exact) mass is 413 g/mol. The van der Waals surface area contributed by atoms with Crippen LogP contribution in [0.1, 0.15) is 56.2 Å². The Labute approximate surface area is 167 Å². The lowest BCUT2D eigenvalue weighted by Gasteiger charge is -2.26. The SMILES string of the molecule is CCCNC(=O)CCC(=O)NC(CN1CCCC1=O)c1cccc(C(F)(F)F)c1. The fourth-order valence-corrected chi connectivity index (χ4v) is 3.13. The van der Waals surface area contributed by atoms with Crippen molar-refractivity contribution in [1.82, 2.24) is 15.5 Å². The fraction of sp³-hybridized carbons (Fsp3) is 0.550. The van der Waals surface area contributed by atoms with E-state index >= 15 is 0 Å². The second-order valence-corrected chi connectivity index (χ2v) is 7.04. The molecule has 0 aliphatic carbocycles. The average Bonchev–Trinajstić information content (AvgIpc) is 3.08. The van der Waals surface area contributed by atoms with Gasteiger partial charge in [0.15, 0.2) is 0 Å². The Bertz CT molecular complexity index is 737. The lowest BCUT2D eigenvalue weighted by molar-refractivity contribution is -0.137. The van der Waals surface area contributed by atoms with Crippen molar-refractivity contribution in [2.24, 2.45) is 0 Å². The number of carbonyl (C=O) groups excluding carboxylic acids is 3. The molecule has 1 fully saturated rings. The molecule has 9 heteroatoms. The second kappa shape index (κ2) is 10.3. The van der Waals surface area contributed by atoms with Gasteiger partial charge in [0.1, 0.15) is 0 Å². The number of benzene rings is 1. The molecule has 0 spiro atoms. The molecule has 160 valence electrons. The van der Waals surface area contributed by atoms with E-state index in [0.29, 0.717) is 25.9 Å². The van der Waals surface area contributed by atoms with Crippen molar-refractivity contribution in [2.45, 2.75) is 51.2 Å². The normalized spacial score (nSPS) is 15.3. The zero-order chi connectivity index (χ0) is 21.4. The number of halogens is 3. The Morgan fingerprint density at radius 1 is 1.21 bits per heavy atom. The van der Waals surface area contributed by atoms with Crippen molar-refractivity contribution in [2.75, 3.05) is 19.6 Å². The third-order valence-electron chi connectivity index (χ3n) is 4.68. The molecule has 29 heavy (non-hydrogen) atoms. The van der Waals surface area contributed by atoms with Crippen LogP contribution in [0.3, 0.4) is 0 Å². The molecule has 1 saturated heterocycles. The molecule has 1 aromatic rings.